The molecule has 2 heterocycles. The fourth-order valence-electron chi connectivity index (χ4n) is 2.44. The van der Waals surface area contributed by atoms with E-state index in [1.807, 2.05) is 6.92 Å². The average molecular weight is 392 g/mol. The Kier molecular flexibility index (Phi) is 4.61. The Bertz CT molecular complexity index is 931. The van der Waals surface area contributed by atoms with Gasteiger partial charge in [-0.1, -0.05) is 40.5 Å². The van der Waals surface area contributed by atoms with Crippen molar-refractivity contribution in [2.45, 2.75) is 37.1 Å². The summed E-state index contributed by atoms with van der Waals surface area (Å²) in [6.07, 6.45) is 2.40. The Balaban J connectivity index is 1.35. The standard InChI is InChI=1S/C16H17N5OS3/c1-8-5-9(2)13-11(6-8)24-14(19-13)18-12(22)7-23-16-21-20-15(25-16)17-10-3-4-10/h5-6,10H,3-4,7H2,1-2H3,(H,17,20)(H,18,19,22). The molecule has 3 aromatic rings. The monoisotopic (exact) mass is 391 g/mol. The zero-order valence-corrected chi connectivity index (χ0v) is 16.3. The molecule has 0 aliphatic heterocycles. The van der Waals surface area contributed by atoms with Crippen LogP contribution in [0.4, 0.5) is 10.3 Å². The third-order valence-corrected chi connectivity index (χ3v) is 6.62. The van der Waals surface area contributed by atoms with E-state index >= 15 is 0 Å². The maximum atomic E-state index is 12.2. The van der Waals surface area contributed by atoms with Crippen molar-refractivity contribution in [1.82, 2.24) is 15.2 Å². The van der Waals surface area contributed by atoms with Crippen LogP contribution in [0.5, 0.6) is 0 Å². The third-order valence-electron chi connectivity index (χ3n) is 3.71. The zero-order chi connectivity index (χ0) is 17.4. The lowest BCUT2D eigenvalue weighted by molar-refractivity contribution is -0.113. The van der Waals surface area contributed by atoms with Crippen LogP contribution in [0.3, 0.4) is 0 Å². The molecule has 0 atom stereocenters. The van der Waals surface area contributed by atoms with Gasteiger partial charge in [-0.3, -0.25) is 4.79 Å². The van der Waals surface area contributed by atoms with Crippen molar-refractivity contribution >= 4 is 60.8 Å². The van der Waals surface area contributed by atoms with Crippen LogP contribution in [0.25, 0.3) is 10.2 Å². The van der Waals surface area contributed by atoms with Crippen molar-refractivity contribution in [3.8, 4) is 0 Å². The first-order valence-corrected chi connectivity index (χ1v) is 10.6. The van der Waals surface area contributed by atoms with Gasteiger partial charge in [-0.25, -0.2) is 4.98 Å². The van der Waals surface area contributed by atoms with E-state index in [1.165, 1.54) is 52.8 Å². The number of benzene rings is 1. The van der Waals surface area contributed by atoms with Crippen LogP contribution in [-0.4, -0.2) is 32.9 Å². The van der Waals surface area contributed by atoms with Crippen molar-refractivity contribution < 1.29 is 4.79 Å². The van der Waals surface area contributed by atoms with E-state index in [9.17, 15) is 4.79 Å². The Morgan fingerprint density at radius 1 is 1.24 bits per heavy atom. The van der Waals surface area contributed by atoms with Gasteiger partial charge in [-0.05, 0) is 43.9 Å². The smallest absolute Gasteiger partial charge is 0.236 e. The second-order valence-electron chi connectivity index (χ2n) is 6.08. The molecule has 1 amide bonds. The SMILES string of the molecule is Cc1cc(C)c2nc(NC(=O)CSc3nnc(NC4CC4)s3)sc2c1. The summed E-state index contributed by atoms with van der Waals surface area (Å²) >= 11 is 4.40. The Morgan fingerprint density at radius 3 is 2.88 bits per heavy atom. The number of fused-ring (bicyclic) bond motifs is 1. The number of thioether (sulfide) groups is 1. The molecule has 4 rings (SSSR count). The van der Waals surface area contributed by atoms with E-state index in [1.54, 1.807) is 0 Å². The second kappa shape index (κ2) is 6.89. The predicted molar refractivity (Wildman–Crippen MR) is 105 cm³/mol. The number of carbonyl (C=O) groups excluding carboxylic acids is 1. The first-order valence-electron chi connectivity index (χ1n) is 7.97. The lowest BCUT2D eigenvalue weighted by Crippen LogP contribution is -2.13. The van der Waals surface area contributed by atoms with E-state index in [4.69, 9.17) is 0 Å². The molecule has 0 bridgehead atoms. The second-order valence-corrected chi connectivity index (χ2v) is 9.31. The average Bonchev–Trinajstić information content (AvgIpc) is 3.09. The van der Waals surface area contributed by atoms with Crippen LogP contribution in [0, 0.1) is 13.8 Å². The fraction of sp³-hybridized carbons (Fsp3) is 0.375. The number of hydrogen-bond donors (Lipinski definition) is 2. The molecule has 1 aliphatic rings. The number of thiazole rings is 1. The molecule has 1 aromatic carbocycles. The minimum Gasteiger partial charge on any atom is -0.357 e. The van der Waals surface area contributed by atoms with Crippen LogP contribution in [0.15, 0.2) is 16.5 Å². The molecule has 1 fully saturated rings. The number of amides is 1. The molecule has 130 valence electrons. The van der Waals surface area contributed by atoms with E-state index in [-0.39, 0.29) is 5.91 Å². The van der Waals surface area contributed by atoms with Crippen molar-refractivity contribution in [1.29, 1.82) is 0 Å². The highest BCUT2D eigenvalue weighted by atomic mass is 32.2. The molecule has 0 saturated heterocycles. The number of nitrogens with one attached hydrogen (secondary N) is 2. The normalized spacial score (nSPS) is 14.0. The summed E-state index contributed by atoms with van der Waals surface area (Å²) in [5.41, 5.74) is 3.29. The molecule has 6 nitrogen and oxygen atoms in total. The molecule has 0 radical (unpaired) electrons. The Morgan fingerprint density at radius 2 is 2.08 bits per heavy atom. The van der Waals surface area contributed by atoms with Crippen molar-refractivity contribution in [3.05, 3.63) is 23.3 Å². The summed E-state index contributed by atoms with van der Waals surface area (Å²) < 4.78 is 1.90. The summed E-state index contributed by atoms with van der Waals surface area (Å²) in [5.74, 6) is 0.219. The molecule has 9 heteroatoms. The molecule has 2 aromatic heterocycles. The lowest BCUT2D eigenvalue weighted by Gasteiger charge is -1.99. The maximum Gasteiger partial charge on any atom is 0.236 e. The number of aryl methyl sites for hydroxylation is 2. The lowest BCUT2D eigenvalue weighted by atomic mass is 10.1. The number of aromatic nitrogens is 3. The highest BCUT2D eigenvalue weighted by Gasteiger charge is 2.22. The zero-order valence-electron chi connectivity index (χ0n) is 13.8. The summed E-state index contributed by atoms with van der Waals surface area (Å²) in [6, 6.07) is 4.76. The molecular formula is C16H17N5OS3. The van der Waals surface area contributed by atoms with Crippen molar-refractivity contribution in [3.63, 3.8) is 0 Å². The Hall–Kier alpha value is -1.71. The number of anilines is 2. The molecular weight excluding hydrogens is 374 g/mol. The molecule has 1 saturated carbocycles. The van der Waals surface area contributed by atoms with Crippen LogP contribution >= 0.6 is 34.4 Å². The van der Waals surface area contributed by atoms with Gasteiger partial charge in [0.15, 0.2) is 9.47 Å². The van der Waals surface area contributed by atoms with Gasteiger partial charge in [-0.2, -0.15) is 0 Å². The molecule has 1 aliphatic carbocycles. The number of nitrogens with zero attached hydrogens (tertiary/aromatic N) is 3. The van der Waals surface area contributed by atoms with Gasteiger partial charge in [0.2, 0.25) is 11.0 Å². The van der Waals surface area contributed by atoms with Gasteiger partial charge >= 0.3 is 0 Å². The van der Waals surface area contributed by atoms with Crippen LogP contribution in [0.1, 0.15) is 24.0 Å². The van der Waals surface area contributed by atoms with Gasteiger partial charge in [0.05, 0.1) is 16.0 Å². The minimum absolute atomic E-state index is 0.0784. The first-order chi connectivity index (χ1) is 12.1. The first kappa shape index (κ1) is 16.7. The largest absolute Gasteiger partial charge is 0.357 e. The van der Waals surface area contributed by atoms with E-state index in [2.05, 4.69) is 44.9 Å². The van der Waals surface area contributed by atoms with E-state index in [0.29, 0.717) is 16.9 Å². The summed E-state index contributed by atoms with van der Waals surface area (Å²) in [6.45, 7) is 4.11. The fourth-order valence-corrected chi connectivity index (χ4v) is 5.12. The summed E-state index contributed by atoms with van der Waals surface area (Å²) in [7, 11) is 0. The van der Waals surface area contributed by atoms with Crippen LogP contribution < -0.4 is 10.6 Å². The Labute approximate surface area is 157 Å². The van der Waals surface area contributed by atoms with Crippen LogP contribution in [0.2, 0.25) is 0 Å². The van der Waals surface area contributed by atoms with Gasteiger partial charge in [0.1, 0.15) is 0 Å². The van der Waals surface area contributed by atoms with Gasteiger partial charge in [0.25, 0.3) is 0 Å². The minimum atomic E-state index is -0.0784. The van der Waals surface area contributed by atoms with Gasteiger partial charge < -0.3 is 10.6 Å². The summed E-state index contributed by atoms with van der Waals surface area (Å²) in [5, 5.41) is 15.9. The van der Waals surface area contributed by atoms with Crippen molar-refractivity contribution in [2.75, 3.05) is 16.4 Å². The molecule has 0 spiro atoms. The predicted octanol–water partition coefficient (Wildman–Crippen LogP) is 4.07. The number of hydrogen-bond acceptors (Lipinski definition) is 8. The molecule has 0 unspecified atom stereocenters. The third kappa shape index (κ3) is 4.10. The van der Waals surface area contributed by atoms with E-state index in [0.717, 1.165) is 25.3 Å². The van der Waals surface area contributed by atoms with Crippen LogP contribution in [-0.2, 0) is 4.79 Å². The summed E-state index contributed by atoms with van der Waals surface area (Å²) in [4.78, 5) is 16.7. The van der Waals surface area contributed by atoms with Gasteiger partial charge in [0, 0.05) is 6.04 Å². The van der Waals surface area contributed by atoms with Gasteiger partial charge in [-0.15, -0.1) is 10.2 Å². The topological polar surface area (TPSA) is 79.8 Å². The molecule has 25 heavy (non-hydrogen) atoms. The molecule has 2 N–H and O–H groups in total. The van der Waals surface area contributed by atoms with E-state index < -0.39 is 0 Å². The number of carbonyl (C=O) groups is 1. The highest BCUT2D eigenvalue weighted by molar-refractivity contribution is 8.01. The maximum absolute atomic E-state index is 12.2. The highest BCUT2D eigenvalue weighted by Crippen LogP contribution is 2.31. The number of rotatable bonds is 6. The van der Waals surface area contributed by atoms with Crippen molar-refractivity contribution in [2.24, 2.45) is 0 Å². The quantitative estimate of drug-likeness (QED) is 0.617.